The number of halogens is 2. The Morgan fingerprint density at radius 2 is 1.00 bits per heavy atom. The molecule has 0 aliphatic rings. The van der Waals surface area contributed by atoms with Crippen LogP contribution in [0.5, 0.6) is 11.5 Å². The maximum absolute atomic E-state index is 13.8. The first kappa shape index (κ1) is 26.8. The van der Waals surface area contributed by atoms with E-state index in [0.717, 1.165) is 43.9 Å². The molecule has 0 saturated heterocycles. The average molecular weight is 589 g/mol. The SMILES string of the molecule is COc1ccc(-c2cnc3cc4[nH]ncc4cc3n2)cc1F.COc1ccc(-c2cnc3cc4cn[nH]c4cc3n2)cc1F. The molecule has 0 fully saturated rings. The van der Waals surface area contributed by atoms with Gasteiger partial charge < -0.3 is 9.47 Å². The molecule has 4 aromatic heterocycles. The first-order valence-corrected chi connectivity index (χ1v) is 13.4. The van der Waals surface area contributed by atoms with Crippen LogP contribution in [0, 0.1) is 11.6 Å². The Bertz CT molecular complexity index is 2160. The van der Waals surface area contributed by atoms with Crippen molar-refractivity contribution in [3.05, 3.63) is 97.1 Å². The molecule has 216 valence electrons. The van der Waals surface area contributed by atoms with Gasteiger partial charge in [0.25, 0.3) is 0 Å². The van der Waals surface area contributed by atoms with Crippen LogP contribution in [0.3, 0.4) is 0 Å². The molecule has 44 heavy (non-hydrogen) atoms. The van der Waals surface area contributed by atoms with Crippen LogP contribution in [0.1, 0.15) is 0 Å². The number of benzene rings is 4. The lowest BCUT2D eigenvalue weighted by atomic mass is 10.1. The summed E-state index contributed by atoms with van der Waals surface area (Å²) < 4.78 is 37.5. The van der Waals surface area contributed by atoms with Crippen LogP contribution >= 0.6 is 0 Å². The standard InChI is InChI=1S/2C16H11FN4O/c1-22-16-3-2-9(4-11(16)17)15-8-18-13-6-12-10(7-19-21-12)5-14(13)20-15;1-22-16-3-2-9(4-11(16)17)15-8-18-13-5-10-7-19-21-12(10)6-14(13)20-15/h2*2-8H,1H3,(H,19,21). The van der Waals surface area contributed by atoms with E-state index in [4.69, 9.17) is 9.47 Å². The highest BCUT2D eigenvalue weighted by Crippen LogP contribution is 2.28. The predicted octanol–water partition coefficient (Wildman–Crippen LogP) is 6.64. The molecule has 0 atom stereocenters. The molecule has 12 heteroatoms. The van der Waals surface area contributed by atoms with E-state index < -0.39 is 11.6 Å². The summed E-state index contributed by atoms with van der Waals surface area (Å²) in [5.74, 6) is -0.438. The molecule has 10 nitrogen and oxygen atoms in total. The summed E-state index contributed by atoms with van der Waals surface area (Å²) >= 11 is 0. The summed E-state index contributed by atoms with van der Waals surface area (Å²) in [6.07, 6.45) is 6.74. The van der Waals surface area contributed by atoms with Gasteiger partial charge in [0.05, 0.1) is 83.5 Å². The summed E-state index contributed by atoms with van der Waals surface area (Å²) in [6, 6.07) is 17.1. The zero-order valence-electron chi connectivity index (χ0n) is 23.3. The number of aromatic amines is 2. The van der Waals surface area contributed by atoms with Gasteiger partial charge in [-0.1, -0.05) is 0 Å². The van der Waals surface area contributed by atoms with Gasteiger partial charge in [-0.25, -0.2) is 18.7 Å². The van der Waals surface area contributed by atoms with E-state index >= 15 is 0 Å². The quantitative estimate of drug-likeness (QED) is 0.234. The Morgan fingerprint density at radius 1 is 0.545 bits per heavy atom. The number of ether oxygens (including phenoxy) is 2. The van der Waals surface area contributed by atoms with E-state index in [2.05, 4.69) is 40.3 Å². The van der Waals surface area contributed by atoms with E-state index in [1.807, 2.05) is 24.3 Å². The number of hydrogen-bond donors (Lipinski definition) is 2. The molecule has 2 N–H and O–H groups in total. The topological polar surface area (TPSA) is 127 Å². The molecule has 0 bridgehead atoms. The molecule has 8 aromatic rings. The number of rotatable bonds is 4. The minimum atomic E-state index is -0.425. The number of nitrogens with zero attached hydrogens (tertiary/aromatic N) is 6. The van der Waals surface area contributed by atoms with Gasteiger partial charge in [-0.2, -0.15) is 10.2 Å². The highest BCUT2D eigenvalue weighted by atomic mass is 19.1. The van der Waals surface area contributed by atoms with Crippen molar-refractivity contribution in [1.82, 2.24) is 40.3 Å². The highest BCUT2D eigenvalue weighted by Gasteiger charge is 2.10. The van der Waals surface area contributed by atoms with Crippen LogP contribution in [-0.4, -0.2) is 54.6 Å². The fourth-order valence-corrected chi connectivity index (χ4v) is 4.83. The van der Waals surface area contributed by atoms with Crippen molar-refractivity contribution in [1.29, 1.82) is 0 Å². The molecule has 0 radical (unpaired) electrons. The largest absolute Gasteiger partial charge is 0.494 e. The second-order valence-electron chi connectivity index (χ2n) is 9.81. The molecule has 0 saturated carbocycles. The lowest BCUT2D eigenvalue weighted by Gasteiger charge is -2.06. The van der Waals surface area contributed by atoms with Gasteiger partial charge in [-0.3, -0.25) is 20.2 Å². The van der Waals surface area contributed by atoms with Gasteiger partial charge in [0.2, 0.25) is 0 Å². The van der Waals surface area contributed by atoms with Crippen molar-refractivity contribution in [2.75, 3.05) is 14.2 Å². The average Bonchev–Trinajstić information content (AvgIpc) is 3.71. The Balaban J connectivity index is 0.000000142. The van der Waals surface area contributed by atoms with Crippen LogP contribution < -0.4 is 9.47 Å². The first-order valence-electron chi connectivity index (χ1n) is 13.4. The Kier molecular flexibility index (Phi) is 6.70. The van der Waals surface area contributed by atoms with Gasteiger partial charge in [0.1, 0.15) is 0 Å². The maximum atomic E-state index is 13.8. The second kappa shape index (κ2) is 11.0. The maximum Gasteiger partial charge on any atom is 0.165 e. The Morgan fingerprint density at radius 3 is 1.50 bits per heavy atom. The van der Waals surface area contributed by atoms with E-state index in [1.165, 1.54) is 26.4 Å². The fraction of sp³-hybridized carbons (Fsp3) is 0.0625. The van der Waals surface area contributed by atoms with Gasteiger partial charge in [0.15, 0.2) is 23.1 Å². The second-order valence-corrected chi connectivity index (χ2v) is 9.81. The monoisotopic (exact) mass is 588 g/mol. The summed E-state index contributed by atoms with van der Waals surface area (Å²) in [6.45, 7) is 0. The zero-order valence-corrected chi connectivity index (χ0v) is 23.3. The molecular weight excluding hydrogens is 566 g/mol. The number of aromatic nitrogens is 8. The Labute approximate surface area is 247 Å². The van der Waals surface area contributed by atoms with Crippen molar-refractivity contribution >= 4 is 43.9 Å². The minimum absolute atomic E-state index is 0.205. The highest BCUT2D eigenvalue weighted by molar-refractivity contribution is 5.94. The van der Waals surface area contributed by atoms with Crippen LogP contribution in [0.4, 0.5) is 8.78 Å². The van der Waals surface area contributed by atoms with E-state index in [-0.39, 0.29) is 11.5 Å². The Hall–Kier alpha value is -6.04. The number of nitrogens with one attached hydrogen (secondary N) is 2. The van der Waals surface area contributed by atoms with Gasteiger partial charge >= 0.3 is 0 Å². The van der Waals surface area contributed by atoms with Crippen LogP contribution in [-0.2, 0) is 0 Å². The number of fused-ring (bicyclic) bond motifs is 4. The summed E-state index contributed by atoms with van der Waals surface area (Å²) in [5.41, 5.74) is 7.31. The number of hydrogen-bond acceptors (Lipinski definition) is 8. The van der Waals surface area contributed by atoms with Crippen molar-refractivity contribution in [3.8, 4) is 34.0 Å². The molecule has 0 aliphatic heterocycles. The summed E-state index contributed by atoms with van der Waals surface area (Å²) in [7, 11) is 2.87. The van der Waals surface area contributed by atoms with Crippen LogP contribution in [0.25, 0.3) is 66.4 Å². The fourth-order valence-electron chi connectivity index (χ4n) is 4.83. The normalized spacial score (nSPS) is 11.2. The third-order valence-electron chi connectivity index (χ3n) is 7.10. The van der Waals surface area contributed by atoms with Gasteiger partial charge in [-0.15, -0.1) is 0 Å². The summed E-state index contributed by atoms with van der Waals surface area (Å²) in [4.78, 5) is 17.9. The van der Waals surface area contributed by atoms with Gasteiger partial charge in [-0.05, 0) is 60.7 Å². The molecule has 4 aromatic carbocycles. The van der Waals surface area contributed by atoms with Crippen LogP contribution in [0.15, 0.2) is 85.5 Å². The molecule has 0 unspecified atom stereocenters. The summed E-state index contributed by atoms with van der Waals surface area (Å²) in [5, 5.41) is 15.7. The van der Waals surface area contributed by atoms with Crippen molar-refractivity contribution in [2.45, 2.75) is 0 Å². The lowest BCUT2D eigenvalue weighted by molar-refractivity contribution is 0.386. The zero-order chi connectivity index (χ0) is 30.2. The van der Waals surface area contributed by atoms with Crippen molar-refractivity contribution in [3.63, 3.8) is 0 Å². The number of H-pyrrole nitrogens is 2. The first-order chi connectivity index (χ1) is 21.5. The third-order valence-corrected chi connectivity index (χ3v) is 7.10. The number of methoxy groups -OCH3 is 2. The van der Waals surface area contributed by atoms with Gasteiger partial charge in [0, 0.05) is 21.9 Å². The van der Waals surface area contributed by atoms with Crippen molar-refractivity contribution in [2.24, 2.45) is 0 Å². The lowest BCUT2D eigenvalue weighted by Crippen LogP contribution is -1.92. The smallest absolute Gasteiger partial charge is 0.165 e. The molecule has 0 aliphatic carbocycles. The van der Waals surface area contributed by atoms with Crippen LogP contribution in [0.2, 0.25) is 0 Å². The minimum Gasteiger partial charge on any atom is -0.494 e. The third kappa shape index (κ3) is 4.98. The molecular formula is C32H22F2N8O2. The molecule has 8 rings (SSSR count). The van der Waals surface area contributed by atoms with E-state index in [9.17, 15) is 8.78 Å². The molecule has 0 spiro atoms. The predicted molar refractivity (Wildman–Crippen MR) is 162 cm³/mol. The van der Waals surface area contributed by atoms with E-state index in [1.54, 1.807) is 49.1 Å². The van der Waals surface area contributed by atoms with Crippen molar-refractivity contribution < 1.29 is 18.3 Å². The van der Waals surface area contributed by atoms with E-state index in [0.29, 0.717) is 22.5 Å². The molecule has 0 amide bonds. The molecule has 4 heterocycles.